The summed E-state index contributed by atoms with van der Waals surface area (Å²) in [5.41, 5.74) is 10.2. The van der Waals surface area contributed by atoms with E-state index in [9.17, 15) is 14.4 Å². The van der Waals surface area contributed by atoms with Gasteiger partial charge in [-0.05, 0) is 30.4 Å². The minimum absolute atomic E-state index is 0.0821. The first-order chi connectivity index (χ1) is 16.3. The highest BCUT2D eigenvalue weighted by atomic mass is 16.5. The molecule has 34 heavy (non-hydrogen) atoms. The smallest absolute Gasteiger partial charge is 0.266 e. The lowest BCUT2D eigenvalue weighted by Crippen LogP contribution is -2.56. The maximum atomic E-state index is 13.0. The first-order valence-electron chi connectivity index (χ1n) is 11.1. The Hall–Kier alpha value is -3.70. The number of nitrogens with two attached hydrogens (primary N) is 1. The van der Waals surface area contributed by atoms with E-state index in [2.05, 4.69) is 25.6 Å². The summed E-state index contributed by atoms with van der Waals surface area (Å²) in [4.78, 5) is 47.9. The number of H-pyrrole nitrogens is 2. The van der Waals surface area contributed by atoms with Crippen molar-refractivity contribution in [3.05, 3.63) is 54.2 Å². The molecular formula is C23H31N7O4. The van der Waals surface area contributed by atoms with Gasteiger partial charge in [0, 0.05) is 35.4 Å². The second kappa shape index (κ2) is 11.4. The highest BCUT2D eigenvalue weighted by Gasteiger charge is 2.29. The quantitative estimate of drug-likeness (QED) is 0.159. The SMILES string of the molecule is CC(C)C[C@H](NC(=O)[C@@H](N)Cc1c[nH]c2ccccc12)C(=O)N[C@@H](Cc1cnc[nH]1)C(=O)NO. The molecule has 0 aliphatic carbocycles. The average molecular weight is 470 g/mol. The number of rotatable bonds is 11. The number of amides is 3. The third-order valence-corrected chi connectivity index (χ3v) is 5.51. The van der Waals surface area contributed by atoms with Gasteiger partial charge in [0.2, 0.25) is 11.8 Å². The third-order valence-electron chi connectivity index (χ3n) is 5.51. The second-order valence-electron chi connectivity index (χ2n) is 8.68. The summed E-state index contributed by atoms with van der Waals surface area (Å²) >= 11 is 0. The molecule has 0 saturated heterocycles. The molecule has 182 valence electrons. The molecule has 3 rings (SSSR count). The van der Waals surface area contributed by atoms with Crippen LogP contribution in [-0.4, -0.2) is 56.0 Å². The third kappa shape index (κ3) is 6.42. The lowest BCUT2D eigenvalue weighted by molar-refractivity contribution is -0.136. The molecule has 8 N–H and O–H groups in total. The van der Waals surface area contributed by atoms with Crippen LogP contribution in [0, 0.1) is 5.92 Å². The average Bonchev–Trinajstić information content (AvgIpc) is 3.47. The summed E-state index contributed by atoms with van der Waals surface area (Å²) in [6.07, 6.45) is 5.50. The number of aromatic nitrogens is 3. The topological polar surface area (TPSA) is 178 Å². The van der Waals surface area contributed by atoms with Crippen LogP contribution in [-0.2, 0) is 27.2 Å². The second-order valence-corrected chi connectivity index (χ2v) is 8.68. The number of benzene rings is 1. The van der Waals surface area contributed by atoms with Gasteiger partial charge in [-0.15, -0.1) is 0 Å². The Balaban J connectivity index is 1.67. The Labute approximate surface area is 196 Å². The fraction of sp³-hybridized carbons (Fsp3) is 0.391. The van der Waals surface area contributed by atoms with Crippen molar-refractivity contribution in [1.82, 2.24) is 31.1 Å². The lowest BCUT2D eigenvalue weighted by Gasteiger charge is -2.24. The van der Waals surface area contributed by atoms with E-state index < -0.39 is 35.8 Å². The van der Waals surface area contributed by atoms with Crippen LogP contribution >= 0.6 is 0 Å². The van der Waals surface area contributed by atoms with Gasteiger partial charge >= 0.3 is 0 Å². The Morgan fingerprint density at radius 3 is 2.44 bits per heavy atom. The molecule has 11 nitrogen and oxygen atoms in total. The Bertz CT molecular complexity index is 1110. The van der Waals surface area contributed by atoms with E-state index in [1.165, 1.54) is 12.5 Å². The predicted octanol–water partition coefficient (Wildman–Crippen LogP) is 0.525. The molecule has 0 radical (unpaired) electrons. The zero-order valence-electron chi connectivity index (χ0n) is 19.2. The predicted molar refractivity (Wildman–Crippen MR) is 126 cm³/mol. The molecule has 2 heterocycles. The van der Waals surface area contributed by atoms with Crippen LogP contribution < -0.4 is 21.8 Å². The molecule has 0 unspecified atom stereocenters. The summed E-state index contributed by atoms with van der Waals surface area (Å²) in [6, 6.07) is 4.88. The van der Waals surface area contributed by atoms with Crippen molar-refractivity contribution in [3.8, 4) is 0 Å². The molecule has 1 aromatic carbocycles. The molecular weight excluding hydrogens is 438 g/mol. The number of nitrogens with one attached hydrogen (secondary N) is 5. The molecule has 0 aliphatic heterocycles. The fourth-order valence-electron chi connectivity index (χ4n) is 3.79. The molecule has 0 spiro atoms. The monoisotopic (exact) mass is 469 g/mol. The highest BCUT2D eigenvalue weighted by molar-refractivity contribution is 5.93. The summed E-state index contributed by atoms with van der Waals surface area (Å²) in [5, 5.41) is 15.4. The van der Waals surface area contributed by atoms with Gasteiger partial charge in [-0.25, -0.2) is 10.5 Å². The van der Waals surface area contributed by atoms with E-state index in [0.717, 1.165) is 16.5 Å². The van der Waals surface area contributed by atoms with Crippen LogP contribution in [0.1, 0.15) is 31.5 Å². The lowest BCUT2D eigenvalue weighted by atomic mass is 10.0. The minimum atomic E-state index is -1.07. The van der Waals surface area contributed by atoms with E-state index >= 15 is 0 Å². The van der Waals surface area contributed by atoms with Crippen LogP contribution in [0.3, 0.4) is 0 Å². The number of para-hydroxylation sites is 1. The molecule has 3 amide bonds. The van der Waals surface area contributed by atoms with E-state index in [1.807, 2.05) is 44.3 Å². The van der Waals surface area contributed by atoms with E-state index in [-0.39, 0.29) is 12.3 Å². The molecule has 0 bridgehead atoms. The van der Waals surface area contributed by atoms with E-state index in [0.29, 0.717) is 18.5 Å². The standard InChI is InChI=1S/C23H31N7O4/c1-13(2)7-19(22(32)29-20(23(33)30-34)9-15-11-25-12-27-15)28-21(31)17(24)8-14-10-26-18-6-4-3-5-16(14)18/h3-6,10-13,17,19-20,26,34H,7-9,24H2,1-2H3,(H,25,27)(H,28,31)(H,29,32)(H,30,33)/t17-,19-,20-/m0/s1. The summed E-state index contributed by atoms with van der Waals surface area (Å²) in [5.74, 6) is -1.72. The molecule has 0 aliphatic rings. The van der Waals surface area contributed by atoms with Crippen LogP contribution in [0.2, 0.25) is 0 Å². The molecule has 2 aromatic heterocycles. The number of hydrogen-bond donors (Lipinski definition) is 7. The van der Waals surface area contributed by atoms with Crippen LogP contribution in [0.25, 0.3) is 10.9 Å². The molecule has 11 heteroatoms. The maximum absolute atomic E-state index is 13.0. The fourth-order valence-corrected chi connectivity index (χ4v) is 3.79. The minimum Gasteiger partial charge on any atom is -0.361 e. The van der Waals surface area contributed by atoms with Gasteiger partial charge in [-0.1, -0.05) is 32.0 Å². The summed E-state index contributed by atoms with van der Waals surface area (Å²) in [7, 11) is 0. The van der Waals surface area contributed by atoms with Crippen molar-refractivity contribution >= 4 is 28.6 Å². The van der Waals surface area contributed by atoms with Gasteiger partial charge in [-0.2, -0.15) is 0 Å². The number of carbonyl (C=O) groups is 3. The van der Waals surface area contributed by atoms with Gasteiger partial charge in [0.05, 0.1) is 12.4 Å². The van der Waals surface area contributed by atoms with Crippen molar-refractivity contribution in [1.29, 1.82) is 0 Å². The van der Waals surface area contributed by atoms with Gasteiger partial charge in [-0.3, -0.25) is 19.6 Å². The molecule has 0 saturated carbocycles. The van der Waals surface area contributed by atoms with Crippen molar-refractivity contribution < 1.29 is 19.6 Å². The molecule has 3 atom stereocenters. The summed E-state index contributed by atoms with van der Waals surface area (Å²) < 4.78 is 0. The van der Waals surface area contributed by atoms with E-state index in [1.54, 1.807) is 5.48 Å². The van der Waals surface area contributed by atoms with Crippen molar-refractivity contribution in [3.63, 3.8) is 0 Å². The number of hydrogen-bond acceptors (Lipinski definition) is 6. The number of hydroxylamine groups is 1. The number of carbonyl (C=O) groups excluding carboxylic acids is 3. The van der Waals surface area contributed by atoms with Gasteiger partial charge in [0.1, 0.15) is 12.1 Å². The van der Waals surface area contributed by atoms with E-state index in [4.69, 9.17) is 10.9 Å². The zero-order chi connectivity index (χ0) is 24.7. The van der Waals surface area contributed by atoms with Crippen LogP contribution in [0.5, 0.6) is 0 Å². The Morgan fingerprint density at radius 1 is 1.03 bits per heavy atom. The van der Waals surface area contributed by atoms with Crippen molar-refractivity contribution in [2.24, 2.45) is 11.7 Å². The van der Waals surface area contributed by atoms with Gasteiger partial charge < -0.3 is 26.3 Å². The van der Waals surface area contributed by atoms with Crippen molar-refractivity contribution in [2.45, 2.75) is 51.2 Å². The largest absolute Gasteiger partial charge is 0.361 e. The molecule has 0 fully saturated rings. The number of imidazole rings is 1. The highest BCUT2D eigenvalue weighted by Crippen LogP contribution is 2.19. The number of nitrogens with zero attached hydrogens (tertiary/aromatic N) is 1. The van der Waals surface area contributed by atoms with Gasteiger partial charge in [0.15, 0.2) is 0 Å². The van der Waals surface area contributed by atoms with Crippen LogP contribution in [0.15, 0.2) is 43.0 Å². The number of aromatic amines is 2. The van der Waals surface area contributed by atoms with Crippen LogP contribution in [0.4, 0.5) is 0 Å². The maximum Gasteiger partial charge on any atom is 0.266 e. The summed E-state index contributed by atoms with van der Waals surface area (Å²) in [6.45, 7) is 3.83. The Morgan fingerprint density at radius 2 is 1.76 bits per heavy atom. The molecule has 3 aromatic rings. The number of fused-ring (bicyclic) bond motifs is 1. The van der Waals surface area contributed by atoms with Crippen molar-refractivity contribution in [2.75, 3.05) is 0 Å². The first-order valence-corrected chi connectivity index (χ1v) is 11.1. The Kier molecular flexibility index (Phi) is 8.39. The normalized spacial score (nSPS) is 13.9. The zero-order valence-corrected chi connectivity index (χ0v) is 19.2. The van der Waals surface area contributed by atoms with Gasteiger partial charge in [0.25, 0.3) is 5.91 Å². The first kappa shape index (κ1) is 24.9.